The van der Waals surface area contributed by atoms with Crippen LogP contribution in [0, 0.1) is 0 Å². The van der Waals surface area contributed by atoms with Crippen molar-refractivity contribution in [1.29, 1.82) is 0 Å². The summed E-state index contributed by atoms with van der Waals surface area (Å²) < 4.78 is 98.4. The van der Waals surface area contributed by atoms with Gasteiger partial charge in [-0.2, -0.15) is 0 Å². The molecule has 1 nitrogen and oxygen atoms in total. The fourth-order valence-corrected chi connectivity index (χ4v) is 7.02. The van der Waals surface area contributed by atoms with Gasteiger partial charge in [0.1, 0.15) is 11.2 Å². The third-order valence-electron chi connectivity index (χ3n) is 9.23. The van der Waals surface area contributed by atoms with Crippen molar-refractivity contribution in [3.8, 4) is 44.5 Å². The van der Waals surface area contributed by atoms with Gasteiger partial charge in [0, 0.05) is 10.8 Å². The van der Waals surface area contributed by atoms with Crippen LogP contribution < -0.4 is 0 Å². The van der Waals surface area contributed by atoms with E-state index < -0.39 is 6.04 Å². The maximum absolute atomic E-state index is 9.73. The second-order valence-corrected chi connectivity index (χ2v) is 12.0. The van der Waals surface area contributed by atoms with Crippen LogP contribution in [-0.4, -0.2) is 0 Å². The molecule has 0 aliphatic carbocycles. The minimum atomic E-state index is -0.414. The van der Waals surface area contributed by atoms with E-state index in [2.05, 4.69) is 0 Å². The number of benzene rings is 9. The highest BCUT2D eigenvalue weighted by molar-refractivity contribution is 6.25. The van der Waals surface area contributed by atoms with Gasteiger partial charge < -0.3 is 4.42 Å². The first kappa shape index (κ1) is 19.4. The predicted molar refractivity (Wildman–Crippen MR) is 208 cm³/mol. The van der Waals surface area contributed by atoms with E-state index in [4.69, 9.17) is 12.6 Å². The van der Waals surface area contributed by atoms with Crippen LogP contribution in [0.4, 0.5) is 0 Å². The largest absolute Gasteiger partial charge is 0.456 e. The second-order valence-electron chi connectivity index (χ2n) is 12.0. The number of hydrogen-bond acceptors (Lipinski definition) is 1. The topological polar surface area (TPSA) is 13.1 Å². The maximum Gasteiger partial charge on any atom is 0.136 e. The molecule has 0 spiro atoms. The second kappa shape index (κ2) is 11.1. The minimum Gasteiger partial charge on any atom is -0.456 e. The van der Waals surface area contributed by atoms with E-state index in [0.29, 0.717) is 43.8 Å². The number of furan rings is 1. The summed E-state index contributed by atoms with van der Waals surface area (Å²) in [5, 5.41) is 4.57. The van der Waals surface area contributed by atoms with Crippen LogP contribution in [0.25, 0.3) is 98.8 Å². The van der Waals surface area contributed by atoms with Crippen LogP contribution >= 0.6 is 0 Å². The fourth-order valence-electron chi connectivity index (χ4n) is 7.02. The molecule has 0 atom stereocenters. The van der Waals surface area contributed by atoms with E-state index in [9.17, 15) is 5.48 Å². The van der Waals surface area contributed by atoms with Crippen molar-refractivity contribution in [3.63, 3.8) is 0 Å². The Bertz CT molecular complexity index is 3390. The van der Waals surface area contributed by atoms with Crippen molar-refractivity contribution in [2.75, 3.05) is 0 Å². The zero-order valence-electron chi connectivity index (χ0n) is 36.0. The van der Waals surface area contributed by atoms with Gasteiger partial charge in [0.25, 0.3) is 0 Å². The van der Waals surface area contributed by atoms with E-state index in [0.717, 1.165) is 10.8 Å². The molecule has 0 aliphatic rings. The zero-order chi connectivity index (χ0) is 41.0. The molecule has 1 heterocycles. The van der Waals surface area contributed by atoms with Crippen molar-refractivity contribution < 1.29 is 18.1 Å². The molecule has 1 heteroatoms. The summed E-state index contributed by atoms with van der Waals surface area (Å²) in [6, 6.07) is 34.4. The van der Waals surface area contributed by atoms with Gasteiger partial charge in [-0.15, -0.1) is 0 Å². The van der Waals surface area contributed by atoms with Crippen LogP contribution in [0.15, 0.2) is 186 Å². The Hall–Kier alpha value is -6.44. The summed E-state index contributed by atoms with van der Waals surface area (Å²) in [6.07, 6.45) is 0. The first-order valence-corrected chi connectivity index (χ1v) is 16.0. The molecule has 0 saturated heterocycles. The normalized spacial score (nSPS) is 14.5. The maximum atomic E-state index is 9.73. The number of rotatable bonds is 4. The van der Waals surface area contributed by atoms with E-state index in [1.54, 1.807) is 24.3 Å². The molecule has 0 aliphatic heterocycles. The number of hydrogen-bond donors (Lipinski definition) is 0. The summed E-state index contributed by atoms with van der Waals surface area (Å²) in [6.45, 7) is 0. The molecule has 0 bridgehead atoms. The van der Waals surface area contributed by atoms with Gasteiger partial charge in [0.05, 0.1) is 13.7 Å². The van der Waals surface area contributed by atoms with Crippen LogP contribution in [0.1, 0.15) is 13.7 Å². The van der Waals surface area contributed by atoms with Crippen LogP contribution in [0.3, 0.4) is 0 Å². The Morgan fingerprint density at radius 3 is 1.80 bits per heavy atom. The van der Waals surface area contributed by atoms with E-state index in [-0.39, 0.29) is 98.6 Å². The van der Waals surface area contributed by atoms with Crippen LogP contribution in [0.5, 0.6) is 0 Å². The Kier molecular flexibility index (Phi) is 4.39. The highest BCUT2D eigenvalue weighted by atomic mass is 16.3. The molecule has 228 valence electrons. The lowest BCUT2D eigenvalue weighted by molar-refractivity contribution is 0.669. The summed E-state index contributed by atoms with van der Waals surface area (Å²) in [4.78, 5) is 0. The predicted octanol–water partition coefficient (Wildman–Crippen LogP) is 13.7. The lowest BCUT2D eigenvalue weighted by Crippen LogP contribution is -1.91. The Morgan fingerprint density at radius 2 is 1.02 bits per heavy atom. The molecular formula is C48H30O. The molecule has 10 rings (SSSR count). The summed E-state index contributed by atoms with van der Waals surface area (Å²) in [7, 11) is 0. The smallest absolute Gasteiger partial charge is 0.136 e. The molecule has 0 radical (unpaired) electrons. The zero-order valence-corrected chi connectivity index (χ0v) is 26.0. The van der Waals surface area contributed by atoms with Crippen LogP contribution in [-0.2, 0) is 0 Å². The number of fused-ring (bicyclic) bond motifs is 6. The van der Waals surface area contributed by atoms with Gasteiger partial charge in [-0.25, -0.2) is 0 Å². The highest BCUT2D eigenvalue weighted by Crippen LogP contribution is 2.47. The molecule has 0 fully saturated rings. The van der Waals surface area contributed by atoms with Gasteiger partial charge in [-0.3, -0.25) is 0 Å². The molecule has 0 N–H and O–H groups in total. The molecule has 1 aromatic heterocycles. The van der Waals surface area contributed by atoms with Gasteiger partial charge >= 0.3 is 0 Å². The molecule has 0 amide bonds. The molecule has 0 unspecified atom stereocenters. The van der Waals surface area contributed by atoms with E-state index in [1.807, 2.05) is 97.1 Å². The molecule has 0 saturated carbocycles. The standard InChI is InChI=1S/C48H30O/c1-2-12-31(13-3-1)36-26-27-44-43(30-36)48-42(22-11-23-45(48)49-44)47-40-20-8-6-18-38(40)46(39-19-7-9-21-41(39)47)37-17-10-16-34(29-37)35-25-24-32-14-4-5-15-33(32)28-35/h1-30H/i10D,11D,16D,17D,22D,23D,26D,27D,29D,30D. The van der Waals surface area contributed by atoms with Gasteiger partial charge in [0.2, 0.25) is 0 Å². The fraction of sp³-hybridized carbons (Fsp3) is 0. The van der Waals surface area contributed by atoms with Gasteiger partial charge in [0.15, 0.2) is 0 Å². The lowest BCUT2D eigenvalue weighted by Gasteiger charge is -2.18. The summed E-state index contributed by atoms with van der Waals surface area (Å²) >= 11 is 0. The van der Waals surface area contributed by atoms with Crippen molar-refractivity contribution >= 4 is 54.3 Å². The average molecular weight is 633 g/mol. The SMILES string of the molecule is [2H]c1c([2H])c(-c2ccc3ccccc3c2)c([2H])c(-c2c3ccccc3c(-c3c([2H])c([2H])c([2H])c4oc5c([2H])c([2H])c(-c6ccccc6)c([2H])c5c34)c3ccccc23)c1[2H]. The third-order valence-corrected chi connectivity index (χ3v) is 9.23. The molecular weight excluding hydrogens is 593 g/mol. The Labute approximate surface area is 298 Å². The molecule has 49 heavy (non-hydrogen) atoms. The van der Waals surface area contributed by atoms with Crippen molar-refractivity contribution in [2.45, 2.75) is 0 Å². The first-order valence-electron chi connectivity index (χ1n) is 21.0. The van der Waals surface area contributed by atoms with Gasteiger partial charge in [-0.1, -0.05) is 152 Å². The monoisotopic (exact) mass is 632 g/mol. The van der Waals surface area contributed by atoms with Crippen LogP contribution in [0.2, 0.25) is 0 Å². The summed E-state index contributed by atoms with van der Waals surface area (Å²) in [5.41, 5.74) is 2.76. The van der Waals surface area contributed by atoms with E-state index in [1.165, 1.54) is 0 Å². The first-order chi connectivity index (χ1) is 28.5. The minimum absolute atomic E-state index is 0.0767. The molecule has 9 aromatic carbocycles. The van der Waals surface area contributed by atoms with Crippen molar-refractivity contribution in [2.24, 2.45) is 0 Å². The summed E-state index contributed by atoms with van der Waals surface area (Å²) in [5.74, 6) is 0. The quantitative estimate of drug-likeness (QED) is 0.176. The third kappa shape index (κ3) is 4.47. The van der Waals surface area contributed by atoms with Crippen molar-refractivity contribution in [3.05, 3.63) is 182 Å². The van der Waals surface area contributed by atoms with E-state index >= 15 is 0 Å². The lowest BCUT2D eigenvalue weighted by atomic mass is 9.84. The Balaban J connectivity index is 1.36. The Morgan fingerprint density at radius 1 is 0.388 bits per heavy atom. The van der Waals surface area contributed by atoms with Gasteiger partial charge in [-0.05, 0) is 107 Å². The molecule has 10 aromatic rings. The highest BCUT2D eigenvalue weighted by Gasteiger charge is 2.20. The van der Waals surface area contributed by atoms with Crippen molar-refractivity contribution in [1.82, 2.24) is 0 Å². The average Bonchev–Trinajstić information content (AvgIpc) is 3.66.